The van der Waals surface area contributed by atoms with E-state index in [1.165, 1.54) is 24.8 Å². The summed E-state index contributed by atoms with van der Waals surface area (Å²) < 4.78 is 5.71. The van der Waals surface area contributed by atoms with E-state index in [4.69, 9.17) is 4.74 Å². The van der Waals surface area contributed by atoms with Gasteiger partial charge in [-0.25, -0.2) is 0 Å². The maximum Gasteiger partial charge on any atom is 0.302 e. The van der Waals surface area contributed by atoms with Crippen molar-refractivity contribution in [2.24, 2.45) is 28.6 Å². The van der Waals surface area contributed by atoms with Crippen molar-refractivity contribution in [2.45, 2.75) is 78.2 Å². The van der Waals surface area contributed by atoms with Crippen molar-refractivity contribution in [3.05, 3.63) is 11.6 Å². The predicted octanol–water partition coefficient (Wildman–Crippen LogP) is 4.45. The molecule has 6 atom stereocenters. The molecule has 0 spiro atoms. The number of ketones is 1. The van der Waals surface area contributed by atoms with E-state index in [2.05, 4.69) is 13.8 Å². The summed E-state index contributed by atoms with van der Waals surface area (Å²) >= 11 is 0. The highest BCUT2D eigenvalue weighted by Gasteiger charge is 2.59. The molecule has 4 aliphatic carbocycles. The molecule has 3 heteroatoms. The molecule has 0 amide bonds. The lowest BCUT2D eigenvalue weighted by molar-refractivity contribution is -0.157. The maximum absolute atomic E-state index is 11.9. The largest absolute Gasteiger partial charge is 0.462 e. The molecule has 4 aliphatic rings. The molecule has 3 fully saturated rings. The van der Waals surface area contributed by atoms with E-state index in [1.54, 1.807) is 6.92 Å². The Labute approximate surface area is 145 Å². The van der Waals surface area contributed by atoms with Gasteiger partial charge in [0.2, 0.25) is 0 Å². The molecule has 0 radical (unpaired) electrons. The second kappa shape index (κ2) is 5.44. The van der Waals surface area contributed by atoms with Gasteiger partial charge < -0.3 is 4.74 Å². The number of rotatable bonds is 1. The van der Waals surface area contributed by atoms with Gasteiger partial charge in [0.25, 0.3) is 0 Å². The van der Waals surface area contributed by atoms with Crippen molar-refractivity contribution in [3.8, 4) is 0 Å². The van der Waals surface area contributed by atoms with Gasteiger partial charge in [0.05, 0.1) is 0 Å². The summed E-state index contributed by atoms with van der Waals surface area (Å²) in [4.78, 5) is 23.4. The fourth-order valence-electron chi connectivity index (χ4n) is 6.91. The van der Waals surface area contributed by atoms with E-state index in [9.17, 15) is 9.59 Å². The molecule has 132 valence electrons. The fourth-order valence-corrected chi connectivity index (χ4v) is 6.91. The normalized spacial score (nSPS) is 47.3. The first-order valence-corrected chi connectivity index (χ1v) is 9.76. The van der Waals surface area contributed by atoms with Crippen LogP contribution in [0.25, 0.3) is 0 Å². The number of carbonyl (C=O) groups excluding carboxylic acids is 2. The Morgan fingerprint density at radius 2 is 1.88 bits per heavy atom. The number of fused-ring (bicyclic) bond motifs is 5. The van der Waals surface area contributed by atoms with Crippen LogP contribution in [0.5, 0.6) is 0 Å². The van der Waals surface area contributed by atoms with Gasteiger partial charge >= 0.3 is 5.97 Å². The van der Waals surface area contributed by atoms with Crippen LogP contribution in [0.1, 0.15) is 72.1 Å². The molecule has 0 N–H and O–H groups in total. The van der Waals surface area contributed by atoms with E-state index in [0.29, 0.717) is 17.6 Å². The lowest BCUT2D eigenvalue weighted by Gasteiger charge is -2.57. The third-order valence-electron chi connectivity index (χ3n) is 8.18. The fraction of sp³-hybridized carbons (Fsp3) is 0.810. The molecular weight excluding hydrogens is 300 g/mol. The zero-order valence-corrected chi connectivity index (χ0v) is 15.3. The van der Waals surface area contributed by atoms with Crippen molar-refractivity contribution >= 4 is 11.8 Å². The van der Waals surface area contributed by atoms with Gasteiger partial charge in [-0.2, -0.15) is 0 Å². The van der Waals surface area contributed by atoms with Crippen molar-refractivity contribution in [1.82, 2.24) is 0 Å². The highest BCUT2D eigenvalue weighted by molar-refractivity contribution is 5.91. The molecule has 0 unspecified atom stereocenters. The smallest absolute Gasteiger partial charge is 0.302 e. The number of carbonyl (C=O) groups is 2. The Morgan fingerprint density at radius 1 is 1.08 bits per heavy atom. The third-order valence-corrected chi connectivity index (χ3v) is 8.18. The molecule has 0 saturated heterocycles. The molecule has 24 heavy (non-hydrogen) atoms. The van der Waals surface area contributed by atoms with Gasteiger partial charge in [-0.05, 0) is 74.2 Å². The summed E-state index contributed by atoms with van der Waals surface area (Å²) in [7, 11) is 0. The molecule has 0 bridgehead atoms. The lowest BCUT2D eigenvalue weighted by atomic mass is 9.47. The summed E-state index contributed by atoms with van der Waals surface area (Å²) in [6.07, 6.45) is 10.8. The second-order valence-electron chi connectivity index (χ2n) is 9.19. The summed E-state index contributed by atoms with van der Waals surface area (Å²) in [5, 5.41) is 0. The first-order chi connectivity index (χ1) is 11.3. The molecule has 0 heterocycles. The average molecular weight is 330 g/mol. The van der Waals surface area contributed by atoms with Crippen LogP contribution in [0.15, 0.2) is 11.6 Å². The average Bonchev–Trinajstić information content (AvgIpc) is 2.84. The van der Waals surface area contributed by atoms with Crippen molar-refractivity contribution in [1.29, 1.82) is 0 Å². The van der Waals surface area contributed by atoms with Gasteiger partial charge in [-0.15, -0.1) is 0 Å². The highest BCUT2D eigenvalue weighted by atomic mass is 16.5. The van der Waals surface area contributed by atoms with Crippen LogP contribution in [0.3, 0.4) is 0 Å². The molecular formula is C21H30O3. The third kappa shape index (κ3) is 2.23. The minimum Gasteiger partial charge on any atom is -0.462 e. The number of allylic oxidation sites excluding steroid dienone is 1. The summed E-state index contributed by atoms with van der Waals surface area (Å²) in [6.45, 7) is 6.33. The zero-order valence-electron chi connectivity index (χ0n) is 15.3. The monoisotopic (exact) mass is 330 g/mol. The molecule has 0 aromatic carbocycles. The van der Waals surface area contributed by atoms with Crippen molar-refractivity contribution in [2.75, 3.05) is 0 Å². The number of esters is 1. The predicted molar refractivity (Wildman–Crippen MR) is 92.3 cm³/mol. The molecule has 4 rings (SSSR count). The highest BCUT2D eigenvalue weighted by Crippen LogP contribution is 2.65. The quantitative estimate of drug-likeness (QED) is 0.667. The van der Waals surface area contributed by atoms with Crippen molar-refractivity contribution < 1.29 is 14.3 Å². The molecule has 0 aliphatic heterocycles. The van der Waals surface area contributed by atoms with Gasteiger partial charge in [0.15, 0.2) is 5.78 Å². The number of hydrogen-bond acceptors (Lipinski definition) is 3. The van der Waals surface area contributed by atoms with Crippen molar-refractivity contribution in [3.63, 3.8) is 0 Å². The van der Waals surface area contributed by atoms with E-state index in [-0.39, 0.29) is 22.9 Å². The first kappa shape index (κ1) is 16.4. The van der Waals surface area contributed by atoms with Gasteiger partial charge in [0.1, 0.15) is 6.10 Å². The lowest BCUT2D eigenvalue weighted by Crippen LogP contribution is -2.51. The van der Waals surface area contributed by atoms with E-state index in [1.807, 2.05) is 6.08 Å². The SMILES string of the molecule is CC(=O)O[C@H]1CC[C@H]2[C@@H]3CCC4=CC(=O)CC[C@]4(C)[C@H]3CC[C@]12C. The summed E-state index contributed by atoms with van der Waals surface area (Å²) in [5.74, 6) is 2.32. The van der Waals surface area contributed by atoms with Crippen LogP contribution in [0, 0.1) is 28.6 Å². The van der Waals surface area contributed by atoms with Crippen LogP contribution in [0.4, 0.5) is 0 Å². The minimum absolute atomic E-state index is 0.110. The second-order valence-corrected chi connectivity index (χ2v) is 9.19. The van der Waals surface area contributed by atoms with Gasteiger partial charge in [0, 0.05) is 18.8 Å². The van der Waals surface area contributed by atoms with Crippen LogP contribution in [-0.4, -0.2) is 17.9 Å². The Kier molecular flexibility index (Phi) is 3.71. The van der Waals surface area contributed by atoms with Crippen LogP contribution in [0.2, 0.25) is 0 Å². The van der Waals surface area contributed by atoms with Crippen LogP contribution < -0.4 is 0 Å². The molecule has 3 nitrogen and oxygen atoms in total. The van der Waals surface area contributed by atoms with E-state index >= 15 is 0 Å². The minimum atomic E-state index is -0.129. The standard InChI is InChI=1S/C21H30O3/c1-13(22)24-19-7-6-17-16-5-4-14-12-15(23)8-10-20(14,2)18(16)9-11-21(17,19)3/h12,16-19H,4-11H2,1-3H3/t16-,17-,18-,19-,20-,21-/m0/s1. The Morgan fingerprint density at radius 3 is 2.62 bits per heavy atom. The maximum atomic E-state index is 11.9. The molecule has 0 aromatic heterocycles. The van der Waals surface area contributed by atoms with E-state index < -0.39 is 0 Å². The Balaban J connectivity index is 1.62. The van der Waals surface area contributed by atoms with Crippen LogP contribution in [-0.2, 0) is 14.3 Å². The topological polar surface area (TPSA) is 43.4 Å². The first-order valence-electron chi connectivity index (χ1n) is 9.76. The zero-order chi connectivity index (χ0) is 17.1. The summed E-state index contributed by atoms with van der Waals surface area (Å²) in [5.41, 5.74) is 1.82. The van der Waals surface area contributed by atoms with Gasteiger partial charge in [-0.1, -0.05) is 19.4 Å². The number of ether oxygens (including phenoxy) is 1. The number of hydrogen-bond donors (Lipinski definition) is 0. The molecule has 3 saturated carbocycles. The van der Waals surface area contributed by atoms with Crippen LogP contribution >= 0.6 is 0 Å². The van der Waals surface area contributed by atoms with Gasteiger partial charge in [-0.3, -0.25) is 9.59 Å². The molecule has 0 aromatic rings. The Hall–Kier alpha value is -1.12. The Bertz CT molecular complexity index is 606. The summed E-state index contributed by atoms with van der Waals surface area (Å²) in [6, 6.07) is 0. The van der Waals surface area contributed by atoms with E-state index in [0.717, 1.165) is 38.0 Å².